The monoisotopic (exact) mass is 315 g/mol. The fraction of sp³-hybridized carbons (Fsp3) is 0.294. The smallest absolute Gasteiger partial charge is 0.371 e. The van der Waals surface area contributed by atoms with Crippen LogP contribution in [0.3, 0.4) is 0 Å². The Morgan fingerprint density at radius 1 is 1.17 bits per heavy atom. The van der Waals surface area contributed by atoms with Gasteiger partial charge in [-0.05, 0) is 37.5 Å². The van der Waals surface area contributed by atoms with Crippen LogP contribution in [0.4, 0.5) is 0 Å². The van der Waals surface area contributed by atoms with Gasteiger partial charge in [0.25, 0.3) is 5.91 Å². The lowest BCUT2D eigenvalue weighted by Crippen LogP contribution is -2.26. The normalized spacial score (nSPS) is 14.1. The average Bonchev–Trinajstić information content (AvgIpc) is 2.99. The minimum Gasteiger partial charge on any atom is -0.490 e. The van der Waals surface area contributed by atoms with E-state index in [0.29, 0.717) is 0 Å². The van der Waals surface area contributed by atoms with Gasteiger partial charge in [-0.25, -0.2) is 4.79 Å². The predicted molar refractivity (Wildman–Crippen MR) is 81.5 cm³/mol. The van der Waals surface area contributed by atoms with Crippen LogP contribution in [-0.2, 0) is 6.54 Å². The molecule has 1 aliphatic carbocycles. The van der Waals surface area contributed by atoms with Crippen LogP contribution in [0.25, 0.3) is 0 Å². The third-order valence-electron chi connectivity index (χ3n) is 3.80. The molecule has 1 aliphatic rings. The van der Waals surface area contributed by atoms with Crippen molar-refractivity contribution < 1.29 is 23.8 Å². The highest BCUT2D eigenvalue weighted by Crippen LogP contribution is 2.27. The SMILES string of the molecule is O=C(O)c1ccc(C(=O)NCc2ccccc2OC2CCC2)o1. The first-order valence-corrected chi connectivity index (χ1v) is 7.49. The van der Waals surface area contributed by atoms with Crippen molar-refractivity contribution in [2.24, 2.45) is 0 Å². The van der Waals surface area contributed by atoms with Crippen LogP contribution in [0.15, 0.2) is 40.8 Å². The molecule has 0 unspecified atom stereocenters. The van der Waals surface area contributed by atoms with Crippen molar-refractivity contribution in [1.82, 2.24) is 5.32 Å². The summed E-state index contributed by atoms with van der Waals surface area (Å²) in [6, 6.07) is 10.1. The summed E-state index contributed by atoms with van der Waals surface area (Å²) in [5.74, 6) is -1.19. The van der Waals surface area contributed by atoms with E-state index in [9.17, 15) is 9.59 Å². The van der Waals surface area contributed by atoms with E-state index in [4.69, 9.17) is 14.3 Å². The molecule has 1 aromatic carbocycles. The first-order valence-electron chi connectivity index (χ1n) is 7.49. The standard InChI is InChI=1S/C17H17NO5/c19-16(14-8-9-15(23-14)17(20)21)18-10-11-4-1-2-7-13(11)22-12-5-3-6-12/h1-2,4,7-9,12H,3,5-6,10H2,(H,18,19)(H,20,21). The number of carboxylic acid groups (broad SMARTS) is 1. The molecule has 3 rings (SSSR count). The van der Waals surface area contributed by atoms with Crippen molar-refractivity contribution >= 4 is 11.9 Å². The van der Waals surface area contributed by atoms with Crippen LogP contribution in [0, 0.1) is 0 Å². The molecule has 0 bridgehead atoms. The molecular formula is C17H17NO5. The number of ether oxygens (including phenoxy) is 1. The highest BCUT2D eigenvalue weighted by atomic mass is 16.5. The summed E-state index contributed by atoms with van der Waals surface area (Å²) in [6.45, 7) is 0.283. The summed E-state index contributed by atoms with van der Waals surface area (Å²) < 4.78 is 10.9. The van der Waals surface area contributed by atoms with Crippen LogP contribution in [0.2, 0.25) is 0 Å². The first-order chi connectivity index (χ1) is 11.1. The molecule has 6 nitrogen and oxygen atoms in total. The summed E-state index contributed by atoms with van der Waals surface area (Å²) in [6.07, 6.45) is 3.57. The number of hydrogen-bond acceptors (Lipinski definition) is 4. The Morgan fingerprint density at radius 2 is 1.91 bits per heavy atom. The van der Waals surface area contributed by atoms with E-state index in [1.54, 1.807) is 0 Å². The van der Waals surface area contributed by atoms with Gasteiger partial charge in [0, 0.05) is 12.1 Å². The third kappa shape index (κ3) is 3.53. The maximum absolute atomic E-state index is 12.0. The molecule has 1 aromatic heterocycles. The summed E-state index contributed by atoms with van der Waals surface area (Å²) in [7, 11) is 0. The maximum atomic E-state index is 12.0. The van der Waals surface area contributed by atoms with Gasteiger partial charge in [0.05, 0.1) is 6.10 Å². The van der Waals surface area contributed by atoms with Crippen LogP contribution in [0.1, 0.15) is 45.9 Å². The number of hydrogen-bond donors (Lipinski definition) is 2. The lowest BCUT2D eigenvalue weighted by Gasteiger charge is -2.27. The molecule has 1 heterocycles. The number of amides is 1. The Labute approximate surface area is 133 Å². The molecule has 1 fully saturated rings. The van der Waals surface area contributed by atoms with Crippen molar-refractivity contribution in [2.45, 2.75) is 31.9 Å². The van der Waals surface area contributed by atoms with Gasteiger partial charge >= 0.3 is 5.97 Å². The number of furan rings is 1. The predicted octanol–water partition coefficient (Wildman–Crippen LogP) is 2.84. The van der Waals surface area contributed by atoms with E-state index in [0.717, 1.165) is 24.2 Å². The number of nitrogens with one attached hydrogen (secondary N) is 1. The number of rotatable bonds is 6. The number of para-hydroxylation sites is 1. The molecule has 0 radical (unpaired) electrons. The van der Waals surface area contributed by atoms with E-state index in [1.807, 2.05) is 24.3 Å². The Morgan fingerprint density at radius 3 is 2.57 bits per heavy atom. The zero-order valence-corrected chi connectivity index (χ0v) is 12.5. The topological polar surface area (TPSA) is 88.8 Å². The fourth-order valence-corrected chi connectivity index (χ4v) is 2.27. The van der Waals surface area contributed by atoms with Gasteiger partial charge in [-0.15, -0.1) is 0 Å². The summed E-state index contributed by atoms with van der Waals surface area (Å²) in [4.78, 5) is 22.8. The number of carboxylic acids is 1. The van der Waals surface area contributed by atoms with Crippen molar-refractivity contribution in [3.63, 3.8) is 0 Å². The summed E-state index contributed by atoms with van der Waals surface area (Å²) >= 11 is 0. The van der Waals surface area contributed by atoms with Crippen LogP contribution in [-0.4, -0.2) is 23.1 Å². The van der Waals surface area contributed by atoms with Crippen LogP contribution < -0.4 is 10.1 Å². The molecule has 0 saturated heterocycles. The third-order valence-corrected chi connectivity index (χ3v) is 3.80. The highest BCUT2D eigenvalue weighted by molar-refractivity contribution is 5.93. The van der Waals surface area contributed by atoms with Crippen molar-refractivity contribution in [3.05, 3.63) is 53.5 Å². The quantitative estimate of drug-likeness (QED) is 0.855. The Bertz CT molecular complexity index is 717. The van der Waals surface area contributed by atoms with Crippen molar-refractivity contribution in [2.75, 3.05) is 0 Å². The van der Waals surface area contributed by atoms with Gasteiger partial charge in [-0.3, -0.25) is 4.79 Å². The largest absolute Gasteiger partial charge is 0.490 e. The van der Waals surface area contributed by atoms with E-state index in [1.165, 1.54) is 18.6 Å². The van der Waals surface area contributed by atoms with E-state index < -0.39 is 11.9 Å². The van der Waals surface area contributed by atoms with E-state index in [2.05, 4.69) is 5.32 Å². The van der Waals surface area contributed by atoms with E-state index >= 15 is 0 Å². The van der Waals surface area contributed by atoms with Gasteiger partial charge in [-0.2, -0.15) is 0 Å². The molecule has 0 aliphatic heterocycles. The number of carbonyl (C=O) groups is 2. The zero-order chi connectivity index (χ0) is 16.2. The molecule has 1 saturated carbocycles. The number of benzene rings is 1. The average molecular weight is 315 g/mol. The van der Waals surface area contributed by atoms with Crippen molar-refractivity contribution in [1.29, 1.82) is 0 Å². The number of carbonyl (C=O) groups excluding carboxylic acids is 1. The van der Waals surface area contributed by atoms with Gasteiger partial charge in [0.2, 0.25) is 5.76 Å². The molecule has 6 heteroatoms. The minimum atomic E-state index is -1.21. The summed E-state index contributed by atoms with van der Waals surface area (Å²) in [5, 5.41) is 11.5. The van der Waals surface area contributed by atoms with Crippen LogP contribution >= 0.6 is 0 Å². The van der Waals surface area contributed by atoms with Crippen molar-refractivity contribution in [3.8, 4) is 5.75 Å². The molecular weight excluding hydrogens is 298 g/mol. The molecule has 0 spiro atoms. The second-order valence-corrected chi connectivity index (χ2v) is 5.43. The minimum absolute atomic E-state index is 0.0280. The van der Waals surface area contributed by atoms with Gasteiger partial charge in [-0.1, -0.05) is 18.2 Å². The second kappa shape index (κ2) is 6.56. The fourth-order valence-electron chi connectivity index (χ4n) is 2.27. The lowest BCUT2D eigenvalue weighted by molar-refractivity contribution is 0.0659. The first kappa shape index (κ1) is 15.1. The molecule has 1 amide bonds. The molecule has 120 valence electrons. The highest BCUT2D eigenvalue weighted by Gasteiger charge is 2.20. The second-order valence-electron chi connectivity index (χ2n) is 5.43. The molecule has 2 aromatic rings. The zero-order valence-electron chi connectivity index (χ0n) is 12.5. The van der Waals surface area contributed by atoms with Gasteiger partial charge < -0.3 is 19.6 Å². The number of aromatic carboxylic acids is 1. The Kier molecular flexibility index (Phi) is 4.32. The molecule has 2 N–H and O–H groups in total. The Hall–Kier alpha value is -2.76. The van der Waals surface area contributed by atoms with Gasteiger partial charge in [0.15, 0.2) is 5.76 Å². The molecule has 0 atom stereocenters. The Balaban J connectivity index is 1.63. The summed E-state index contributed by atoms with van der Waals surface area (Å²) in [5.41, 5.74) is 0.873. The lowest BCUT2D eigenvalue weighted by atomic mass is 9.96. The van der Waals surface area contributed by atoms with E-state index in [-0.39, 0.29) is 24.2 Å². The van der Waals surface area contributed by atoms with Gasteiger partial charge in [0.1, 0.15) is 5.75 Å². The van der Waals surface area contributed by atoms with Crippen LogP contribution in [0.5, 0.6) is 5.75 Å². The molecule has 23 heavy (non-hydrogen) atoms. The maximum Gasteiger partial charge on any atom is 0.371 e.